The van der Waals surface area contributed by atoms with E-state index in [1.54, 1.807) is 0 Å². The lowest BCUT2D eigenvalue weighted by atomic mass is 9.83. The molecule has 0 aromatic heterocycles. The number of fused-ring (bicyclic) bond motifs is 3. The van der Waals surface area contributed by atoms with Crippen molar-refractivity contribution in [2.24, 2.45) is 0 Å². The van der Waals surface area contributed by atoms with Crippen molar-refractivity contribution < 1.29 is 9.53 Å². The van der Waals surface area contributed by atoms with E-state index in [0.717, 1.165) is 32.1 Å². The maximum atomic E-state index is 13.4. The van der Waals surface area contributed by atoms with Gasteiger partial charge in [-0.1, -0.05) is 88.7 Å². The molecule has 136 valence electrons. The van der Waals surface area contributed by atoms with E-state index in [9.17, 15) is 4.79 Å². The molecule has 1 aliphatic heterocycles. The van der Waals surface area contributed by atoms with Crippen LogP contribution in [0.2, 0.25) is 0 Å². The smallest absolute Gasteiger partial charge is 0.204 e. The standard InChI is InChI=1S/C25H17BrO2/c26-19-13-10-18(11-14-19)24(27)25-22(17-7-2-1-3-8-17)23-20-9-5-4-6-16(20)12-15-21(23)28-25/h1-15,22,25H/t22-,25-/m0/s1. The van der Waals surface area contributed by atoms with Gasteiger partial charge in [0.25, 0.3) is 0 Å². The predicted molar refractivity (Wildman–Crippen MR) is 115 cm³/mol. The van der Waals surface area contributed by atoms with Crippen molar-refractivity contribution in [1.82, 2.24) is 0 Å². The molecular formula is C25H17BrO2. The Hall–Kier alpha value is -2.91. The van der Waals surface area contributed by atoms with E-state index in [-0.39, 0.29) is 11.7 Å². The second-order valence-corrected chi connectivity index (χ2v) is 7.91. The maximum Gasteiger partial charge on any atom is 0.204 e. The summed E-state index contributed by atoms with van der Waals surface area (Å²) in [5, 5.41) is 2.29. The van der Waals surface area contributed by atoms with Crippen molar-refractivity contribution in [3.05, 3.63) is 112 Å². The van der Waals surface area contributed by atoms with E-state index in [4.69, 9.17) is 4.74 Å². The van der Waals surface area contributed by atoms with Gasteiger partial charge >= 0.3 is 0 Å². The average Bonchev–Trinajstić information content (AvgIpc) is 3.14. The van der Waals surface area contributed by atoms with E-state index in [1.807, 2.05) is 60.7 Å². The summed E-state index contributed by atoms with van der Waals surface area (Å²) in [6, 6.07) is 30.0. The summed E-state index contributed by atoms with van der Waals surface area (Å²) in [6.45, 7) is 0. The van der Waals surface area contributed by atoms with Crippen LogP contribution in [0.1, 0.15) is 27.4 Å². The molecule has 5 rings (SSSR count). The van der Waals surface area contributed by atoms with Crippen LogP contribution in [0.4, 0.5) is 0 Å². The Morgan fingerprint density at radius 2 is 1.50 bits per heavy atom. The summed E-state index contributed by atoms with van der Waals surface area (Å²) in [5.74, 6) is 0.656. The maximum absolute atomic E-state index is 13.4. The Bertz CT molecular complexity index is 1170. The van der Waals surface area contributed by atoms with Crippen LogP contribution < -0.4 is 4.74 Å². The first-order chi connectivity index (χ1) is 13.7. The first-order valence-corrected chi connectivity index (χ1v) is 10.0. The van der Waals surface area contributed by atoms with E-state index >= 15 is 0 Å². The molecule has 0 spiro atoms. The molecule has 0 saturated carbocycles. The van der Waals surface area contributed by atoms with Gasteiger partial charge in [-0.3, -0.25) is 4.79 Å². The number of carbonyl (C=O) groups is 1. The Kier molecular flexibility index (Phi) is 4.25. The van der Waals surface area contributed by atoms with Crippen LogP contribution in [-0.2, 0) is 0 Å². The first kappa shape index (κ1) is 17.2. The summed E-state index contributed by atoms with van der Waals surface area (Å²) in [6.07, 6.45) is -0.579. The Morgan fingerprint density at radius 1 is 0.786 bits per heavy atom. The zero-order valence-corrected chi connectivity index (χ0v) is 16.6. The van der Waals surface area contributed by atoms with Crippen molar-refractivity contribution in [1.29, 1.82) is 0 Å². The monoisotopic (exact) mass is 428 g/mol. The van der Waals surface area contributed by atoms with Crippen molar-refractivity contribution in [3.8, 4) is 5.75 Å². The third-order valence-corrected chi connectivity index (χ3v) is 5.87. The van der Waals surface area contributed by atoms with Gasteiger partial charge in [0.1, 0.15) is 5.75 Å². The van der Waals surface area contributed by atoms with Gasteiger partial charge in [0.05, 0.1) is 5.92 Å². The molecule has 1 aliphatic rings. The molecule has 0 fully saturated rings. The number of Topliss-reactive ketones (excluding diaryl/α,β-unsaturated/α-hetero) is 1. The van der Waals surface area contributed by atoms with E-state index in [0.29, 0.717) is 5.56 Å². The number of carbonyl (C=O) groups excluding carboxylic acids is 1. The van der Waals surface area contributed by atoms with Gasteiger partial charge in [-0.15, -0.1) is 0 Å². The lowest BCUT2D eigenvalue weighted by Gasteiger charge is -2.19. The molecule has 28 heavy (non-hydrogen) atoms. The minimum absolute atomic E-state index is 0.00151. The van der Waals surface area contributed by atoms with Crippen molar-refractivity contribution in [2.75, 3.05) is 0 Å². The number of benzene rings is 4. The summed E-state index contributed by atoms with van der Waals surface area (Å²) in [5.41, 5.74) is 2.85. The molecule has 2 atom stereocenters. The zero-order valence-electron chi connectivity index (χ0n) is 15.0. The van der Waals surface area contributed by atoms with Gasteiger partial charge in [-0.05, 0) is 34.5 Å². The summed E-state index contributed by atoms with van der Waals surface area (Å²) < 4.78 is 7.22. The van der Waals surface area contributed by atoms with Crippen molar-refractivity contribution in [3.63, 3.8) is 0 Å². The molecule has 1 heterocycles. The molecule has 0 saturated heterocycles. The molecule has 2 nitrogen and oxygen atoms in total. The molecule has 0 bridgehead atoms. The van der Waals surface area contributed by atoms with E-state index in [1.165, 1.54) is 0 Å². The minimum atomic E-state index is -0.579. The molecule has 4 aromatic carbocycles. The van der Waals surface area contributed by atoms with Crippen LogP contribution in [0, 0.1) is 0 Å². The van der Waals surface area contributed by atoms with Crippen LogP contribution in [0.25, 0.3) is 10.8 Å². The van der Waals surface area contributed by atoms with Gasteiger partial charge in [0.15, 0.2) is 6.10 Å². The average molecular weight is 429 g/mol. The molecule has 0 N–H and O–H groups in total. The normalized spacial score (nSPS) is 17.9. The second-order valence-electron chi connectivity index (χ2n) is 7.00. The van der Waals surface area contributed by atoms with Crippen LogP contribution in [-0.4, -0.2) is 11.9 Å². The Morgan fingerprint density at radius 3 is 2.29 bits per heavy atom. The van der Waals surface area contributed by atoms with Crippen LogP contribution in [0.15, 0.2) is 95.5 Å². The number of ketones is 1. The van der Waals surface area contributed by atoms with Crippen LogP contribution >= 0.6 is 15.9 Å². The number of hydrogen-bond donors (Lipinski definition) is 0. The fraction of sp³-hybridized carbons (Fsp3) is 0.0800. The third-order valence-electron chi connectivity index (χ3n) is 5.34. The molecule has 3 heteroatoms. The number of rotatable bonds is 3. The highest BCUT2D eigenvalue weighted by atomic mass is 79.9. The van der Waals surface area contributed by atoms with Crippen LogP contribution in [0.5, 0.6) is 5.75 Å². The highest BCUT2D eigenvalue weighted by molar-refractivity contribution is 9.10. The topological polar surface area (TPSA) is 26.3 Å². The minimum Gasteiger partial charge on any atom is -0.481 e. The third kappa shape index (κ3) is 2.83. The van der Waals surface area contributed by atoms with Crippen molar-refractivity contribution >= 4 is 32.5 Å². The largest absolute Gasteiger partial charge is 0.481 e. The van der Waals surface area contributed by atoms with Crippen molar-refractivity contribution in [2.45, 2.75) is 12.0 Å². The molecular weight excluding hydrogens is 412 g/mol. The molecule has 0 amide bonds. The van der Waals surface area contributed by atoms with E-state index < -0.39 is 6.10 Å². The Labute approximate surface area is 171 Å². The number of halogens is 1. The summed E-state index contributed by atoms with van der Waals surface area (Å²) in [7, 11) is 0. The molecule has 4 aromatic rings. The van der Waals surface area contributed by atoms with Gasteiger partial charge in [-0.25, -0.2) is 0 Å². The second kappa shape index (κ2) is 6.92. The van der Waals surface area contributed by atoms with Gasteiger partial charge in [0, 0.05) is 15.6 Å². The van der Waals surface area contributed by atoms with Gasteiger partial charge in [0.2, 0.25) is 5.78 Å². The van der Waals surface area contributed by atoms with Gasteiger partial charge in [-0.2, -0.15) is 0 Å². The van der Waals surface area contributed by atoms with Gasteiger partial charge < -0.3 is 4.74 Å². The molecule has 0 radical (unpaired) electrons. The Balaban J connectivity index is 1.68. The van der Waals surface area contributed by atoms with Crippen LogP contribution in [0.3, 0.4) is 0 Å². The number of ether oxygens (including phenoxy) is 1. The summed E-state index contributed by atoms with van der Waals surface area (Å²) >= 11 is 3.43. The highest BCUT2D eigenvalue weighted by Gasteiger charge is 2.41. The first-order valence-electron chi connectivity index (χ1n) is 9.25. The number of hydrogen-bond acceptors (Lipinski definition) is 2. The highest BCUT2D eigenvalue weighted by Crippen LogP contribution is 2.46. The summed E-state index contributed by atoms with van der Waals surface area (Å²) in [4.78, 5) is 13.4. The predicted octanol–water partition coefficient (Wildman–Crippen LogP) is 6.38. The fourth-order valence-electron chi connectivity index (χ4n) is 4.04. The SMILES string of the molecule is O=C(c1ccc(Br)cc1)[C@H]1Oc2ccc3ccccc3c2[C@@H]1c1ccccc1. The lowest BCUT2D eigenvalue weighted by Crippen LogP contribution is -2.30. The van der Waals surface area contributed by atoms with E-state index in [2.05, 4.69) is 46.3 Å². The molecule has 0 unspecified atom stereocenters. The lowest BCUT2D eigenvalue weighted by molar-refractivity contribution is 0.0807. The fourth-order valence-corrected chi connectivity index (χ4v) is 4.30. The molecule has 0 aliphatic carbocycles. The zero-order chi connectivity index (χ0) is 19.1. The quantitative estimate of drug-likeness (QED) is 0.354.